The maximum absolute atomic E-state index is 12.0. The lowest BCUT2D eigenvalue weighted by molar-refractivity contribution is 0.0695. The second-order valence-electron chi connectivity index (χ2n) is 5.55. The lowest BCUT2D eigenvalue weighted by atomic mass is 9.94. The molecule has 0 aliphatic carbocycles. The van der Waals surface area contributed by atoms with Crippen LogP contribution in [-0.4, -0.2) is 27.1 Å². The Bertz CT molecular complexity index is 1050. The maximum Gasteiger partial charge on any atom is 0.342 e. The van der Waals surface area contributed by atoms with E-state index in [1.807, 2.05) is 30.3 Å². The first-order valence-electron chi connectivity index (χ1n) is 7.58. The van der Waals surface area contributed by atoms with Gasteiger partial charge in [-0.2, -0.15) is 0 Å². The maximum atomic E-state index is 12.0. The van der Waals surface area contributed by atoms with Gasteiger partial charge < -0.3 is 20.9 Å². The Labute approximate surface area is 147 Å². The number of hydrogen-bond donors (Lipinski definition) is 4. The highest BCUT2D eigenvalue weighted by atomic mass is 16.4. The summed E-state index contributed by atoms with van der Waals surface area (Å²) in [7, 11) is 0. The van der Waals surface area contributed by atoms with Gasteiger partial charge in [0.25, 0.3) is 5.56 Å². The number of H-pyrrole nitrogens is 1. The number of carboxylic acids is 2. The Morgan fingerprint density at radius 2 is 1.27 bits per heavy atom. The van der Waals surface area contributed by atoms with Crippen molar-refractivity contribution in [2.75, 3.05) is 5.73 Å². The van der Waals surface area contributed by atoms with Crippen LogP contribution >= 0.6 is 0 Å². The molecule has 0 aliphatic heterocycles. The van der Waals surface area contributed by atoms with Crippen LogP contribution in [0.15, 0.2) is 59.4 Å². The van der Waals surface area contributed by atoms with E-state index < -0.39 is 34.4 Å². The fraction of sp³-hybridized carbons (Fsp3) is 0. The van der Waals surface area contributed by atoms with Crippen molar-refractivity contribution in [2.45, 2.75) is 0 Å². The lowest BCUT2D eigenvalue weighted by Gasteiger charge is -2.12. The van der Waals surface area contributed by atoms with Crippen molar-refractivity contribution in [1.82, 2.24) is 4.98 Å². The Morgan fingerprint density at radius 3 is 1.81 bits per heavy atom. The highest BCUT2D eigenvalue weighted by molar-refractivity contribution is 6.07. The van der Waals surface area contributed by atoms with Crippen LogP contribution in [0.2, 0.25) is 0 Å². The van der Waals surface area contributed by atoms with E-state index in [1.165, 1.54) is 0 Å². The summed E-state index contributed by atoms with van der Waals surface area (Å²) in [6.45, 7) is 0. The fourth-order valence-corrected chi connectivity index (χ4v) is 2.80. The third kappa shape index (κ3) is 2.93. The molecule has 7 nitrogen and oxygen atoms in total. The molecule has 0 saturated carbocycles. The van der Waals surface area contributed by atoms with Gasteiger partial charge in [-0.15, -0.1) is 0 Å². The first-order valence-corrected chi connectivity index (χ1v) is 7.58. The van der Waals surface area contributed by atoms with Crippen molar-refractivity contribution in [3.8, 4) is 22.3 Å². The number of aromatic nitrogens is 1. The topological polar surface area (TPSA) is 133 Å². The van der Waals surface area contributed by atoms with E-state index in [4.69, 9.17) is 5.73 Å². The van der Waals surface area contributed by atoms with Crippen molar-refractivity contribution in [2.24, 2.45) is 0 Å². The van der Waals surface area contributed by atoms with Gasteiger partial charge in [-0.3, -0.25) is 4.79 Å². The van der Waals surface area contributed by atoms with Gasteiger partial charge in [-0.1, -0.05) is 54.6 Å². The van der Waals surface area contributed by atoms with Crippen molar-refractivity contribution in [1.29, 1.82) is 0 Å². The van der Waals surface area contributed by atoms with E-state index in [0.29, 0.717) is 0 Å². The van der Waals surface area contributed by atoms with E-state index >= 15 is 0 Å². The van der Waals surface area contributed by atoms with E-state index in [9.17, 15) is 24.6 Å². The summed E-state index contributed by atoms with van der Waals surface area (Å²) in [6, 6.07) is 16.0. The summed E-state index contributed by atoms with van der Waals surface area (Å²) >= 11 is 0. The predicted molar refractivity (Wildman–Crippen MR) is 96.3 cm³/mol. The average molecular weight is 350 g/mol. The minimum atomic E-state index is -1.53. The van der Waals surface area contributed by atoms with Crippen molar-refractivity contribution >= 4 is 17.8 Å². The summed E-state index contributed by atoms with van der Waals surface area (Å²) < 4.78 is 0. The Morgan fingerprint density at radius 1 is 0.769 bits per heavy atom. The van der Waals surface area contributed by atoms with Crippen LogP contribution in [0.3, 0.4) is 0 Å². The van der Waals surface area contributed by atoms with Gasteiger partial charge in [-0.05, 0) is 16.7 Å². The minimum absolute atomic E-state index is 0.217. The number of benzene rings is 2. The zero-order valence-electron chi connectivity index (χ0n) is 13.4. The van der Waals surface area contributed by atoms with Crippen LogP contribution in [0.1, 0.15) is 20.7 Å². The molecule has 0 aliphatic rings. The number of hydrogen-bond acceptors (Lipinski definition) is 4. The number of nitrogen functional groups attached to an aromatic ring is 1. The van der Waals surface area contributed by atoms with Gasteiger partial charge in [-0.25, -0.2) is 9.59 Å². The molecular weight excluding hydrogens is 336 g/mol. The first kappa shape index (κ1) is 17.0. The molecule has 0 amide bonds. The Kier molecular flexibility index (Phi) is 4.28. The molecule has 0 atom stereocenters. The highest BCUT2D eigenvalue weighted by Gasteiger charge is 2.26. The molecule has 0 bridgehead atoms. The second-order valence-corrected chi connectivity index (χ2v) is 5.55. The average Bonchev–Trinajstić information content (AvgIpc) is 2.61. The third-order valence-corrected chi connectivity index (χ3v) is 3.95. The molecular formula is C19H14N2O5. The van der Waals surface area contributed by atoms with Crippen LogP contribution in [0.4, 0.5) is 5.82 Å². The van der Waals surface area contributed by atoms with E-state index in [1.54, 1.807) is 24.3 Å². The molecule has 1 aromatic heterocycles. The van der Waals surface area contributed by atoms with Gasteiger partial charge in [0.1, 0.15) is 16.9 Å². The normalized spacial score (nSPS) is 10.5. The van der Waals surface area contributed by atoms with Crippen LogP contribution < -0.4 is 11.3 Å². The molecule has 5 N–H and O–H groups in total. The smallest absolute Gasteiger partial charge is 0.342 e. The number of aromatic carboxylic acids is 2. The molecule has 1 heterocycles. The predicted octanol–water partition coefficient (Wildman–Crippen LogP) is 2.69. The van der Waals surface area contributed by atoms with Gasteiger partial charge >= 0.3 is 11.9 Å². The summed E-state index contributed by atoms with van der Waals surface area (Å²) in [6.07, 6.45) is 0. The van der Waals surface area contributed by atoms with Gasteiger partial charge in [0.2, 0.25) is 0 Å². The quantitative estimate of drug-likeness (QED) is 0.571. The summed E-state index contributed by atoms with van der Waals surface area (Å²) in [5, 5.41) is 18.8. The number of pyridine rings is 1. The molecule has 130 valence electrons. The third-order valence-electron chi connectivity index (χ3n) is 3.95. The highest BCUT2D eigenvalue weighted by Crippen LogP contribution is 2.31. The molecule has 0 fully saturated rings. The molecule has 0 saturated heterocycles. The SMILES string of the molecule is Nc1[nH]c(=O)c(C(=O)O)c(-c2ccc(-c3ccccc3)cc2)c1C(=O)O. The van der Waals surface area contributed by atoms with Gasteiger partial charge in [0.15, 0.2) is 0 Å². The second kappa shape index (κ2) is 6.56. The van der Waals surface area contributed by atoms with Crippen LogP contribution in [0.25, 0.3) is 22.3 Å². The molecule has 7 heteroatoms. The number of rotatable bonds is 4. The molecule has 3 aromatic rings. The summed E-state index contributed by atoms with van der Waals surface area (Å²) in [5.41, 5.74) is 5.42. The zero-order chi connectivity index (χ0) is 18.8. The molecule has 0 spiro atoms. The van der Waals surface area contributed by atoms with Gasteiger partial charge in [0, 0.05) is 5.56 Å². The fourth-order valence-electron chi connectivity index (χ4n) is 2.80. The van der Waals surface area contributed by atoms with Crippen LogP contribution in [-0.2, 0) is 0 Å². The van der Waals surface area contributed by atoms with E-state index in [2.05, 4.69) is 4.98 Å². The molecule has 0 radical (unpaired) electrons. The standard InChI is InChI=1S/C19H14N2O5/c20-16-14(18(23)24)13(15(19(25)26)17(22)21-16)12-8-6-11(7-9-12)10-4-2-1-3-5-10/h1-9H,(H,23,24)(H,25,26)(H3,20,21,22). The largest absolute Gasteiger partial charge is 0.478 e. The molecule has 2 aromatic carbocycles. The Balaban J connectivity index is 2.24. The number of nitrogens with two attached hydrogens (primary N) is 1. The number of nitrogens with one attached hydrogen (secondary N) is 1. The number of anilines is 1. The zero-order valence-corrected chi connectivity index (χ0v) is 13.4. The molecule has 3 rings (SSSR count). The first-order chi connectivity index (χ1) is 12.4. The molecule has 26 heavy (non-hydrogen) atoms. The number of aromatic amines is 1. The molecule has 0 unspecified atom stereocenters. The number of carboxylic acid groups (broad SMARTS) is 2. The van der Waals surface area contributed by atoms with Gasteiger partial charge in [0.05, 0.1) is 0 Å². The summed E-state index contributed by atoms with van der Waals surface area (Å²) in [5.74, 6) is -3.35. The van der Waals surface area contributed by atoms with Crippen LogP contribution in [0.5, 0.6) is 0 Å². The van der Waals surface area contributed by atoms with Crippen LogP contribution in [0, 0.1) is 0 Å². The van der Waals surface area contributed by atoms with E-state index in [0.717, 1.165) is 11.1 Å². The van der Waals surface area contributed by atoms with Crippen molar-refractivity contribution < 1.29 is 19.8 Å². The summed E-state index contributed by atoms with van der Waals surface area (Å²) in [4.78, 5) is 37.2. The Hall–Kier alpha value is -3.87. The van der Waals surface area contributed by atoms with Crippen molar-refractivity contribution in [3.63, 3.8) is 0 Å². The monoisotopic (exact) mass is 350 g/mol. The lowest BCUT2D eigenvalue weighted by Crippen LogP contribution is -2.24. The number of carbonyl (C=O) groups is 2. The van der Waals surface area contributed by atoms with Crippen molar-refractivity contribution in [3.05, 3.63) is 76.1 Å². The minimum Gasteiger partial charge on any atom is -0.478 e. The van der Waals surface area contributed by atoms with E-state index in [-0.39, 0.29) is 11.1 Å².